The molecule has 0 saturated carbocycles. The second-order valence-electron chi connectivity index (χ2n) is 13.7. The Kier molecular flexibility index (Phi) is 25.5. The first-order valence-electron chi connectivity index (χ1n) is 19.3. The molecule has 0 radical (unpaired) electrons. The molecule has 2 aromatic rings. The summed E-state index contributed by atoms with van der Waals surface area (Å²) in [7, 11) is 0. The van der Waals surface area contributed by atoms with Gasteiger partial charge in [-0.1, -0.05) is 115 Å². The van der Waals surface area contributed by atoms with E-state index in [1.807, 2.05) is 26.8 Å². The standard InChI is InChI=1S/C30H46N2O4.C13H12N2O3/c1-4-5-6-7-8-9-10-11-12-13-14-15-16-17-18-26(3)36-30(34)28(32-24-33)21-27-20-19-25(2)29(22-27)35-23-31;1-9-3-4-11(6-13(9)18-7-14)5-12(10(2)17)15-8-16/h19-20,22,26,28H,4-18,21H2,1-3H3;3-4,6,12H,5H2,1-2H3. The molecule has 0 aliphatic carbocycles. The summed E-state index contributed by atoms with van der Waals surface area (Å²) in [6, 6.07) is 8.84. The minimum absolute atomic E-state index is 0.182. The lowest BCUT2D eigenvalue weighted by Gasteiger charge is -2.17. The van der Waals surface area contributed by atoms with Gasteiger partial charge in [-0.15, -0.1) is 10.5 Å². The fourth-order valence-electron chi connectivity index (χ4n) is 5.86. The van der Waals surface area contributed by atoms with Crippen molar-refractivity contribution in [3.8, 4) is 24.0 Å². The fraction of sp³-hybridized carbons (Fsp3) is 0.581. The van der Waals surface area contributed by atoms with E-state index < -0.39 is 18.1 Å². The normalized spacial score (nSPS) is 11.8. The van der Waals surface area contributed by atoms with E-state index in [1.54, 1.807) is 42.8 Å². The highest BCUT2D eigenvalue weighted by molar-refractivity contribution is 5.82. The van der Waals surface area contributed by atoms with Gasteiger partial charge in [-0.05, 0) is 74.9 Å². The number of nitriles is 2. The molecule has 11 nitrogen and oxygen atoms in total. The van der Waals surface area contributed by atoms with E-state index in [-0.39, 0.29) is 24.7 Å². The molecule has 0 saturated heterocycles. The van der Waals surface area contributed by atoms with Crippen molar-refractivity contribution >= 4 is 23.9 Å². The molecule has 292 valence electrons. The van der Waals surface area contributed by atoms with E-state index in [1.165, 1.54) is 96.1 Å². The van der Waals surface area contributed by atoms with Crippen LogP contribution >= 0.6 is 0 Å². The number of carbonyl (C=O) groups is 2. The maximum absolute atomic E-state index is 12.6. The number of ketones is 1. The predicted molar refractivity (Wildman–Crippen MR) is 207 cm³/mol. The minimum atomic E-state index is -0.959. The number of esters is 1. The highest BCUT2D eigenvalue weighted by Crippen LogP contribution is 2.23. The molecule has 0 bridgehead atoms. The number of ether oxygens (including phenoxy) is 3. The van der Waals surface area contributed by atoms with Gasteiger partial charge in [0, 0.05) is 12.8 Å². The van der Waals surface area contributed by atoms with Gasteiger partial charge >= 0.3 is 5.97 Å². The topological polar surface area (TPSA) is 168 Å². The molecule has 0 fully saturated rings. The van der Waals surface area contributed by atoms with Crippen molar-refractivity contribution < 1.29 is 33.4 Å². The molecule has 0 aliphatic rings. The number of Topliss-reactive ketones (excluding diaryl/α,β-unsaturated/α-hetero) is 1. The maximum Gasteiger partial charge on any atom is 0.332 e. The lowest BCUT2D eigenvalue weighted by molar-refractivity contribution is -0.150. The molecule has 0 aliphatic heterocycles. The summed E-state index contributed by atoms with van der Waals surface area (Å²) >= 11 is 0. The van der Waals surface area contributed by atoms with E-state index in [0.717, 1.165) is 41.5 Å². The predicted octanol–water partition coefficient (Wildman–Crippen LogP) is 9.60. The van der Waals surface area contributed by atoms with Crippen molar-refractivity contribution in [1.29, 1.82) is 10.5 Å². The molecule has 2 aromatic carbocycles. The Morgan fingerprint density at radius 3 is 1.48 bits per heavy atom. The van der Waals surface area contributed by atoms with Crippen LogP contribution in [0.5, 0.6) is 11.5 Å². The van der Waals surface area contributed by atoms with Gasteiger partial charge in [0.05, 0.1) is 6.10 Å². The zero-order chi connectivity index (χ0) is 40.0. The number of carbonyl (C=O) groups excluding carboxylic acids is 4. The number of aliphatic imine (C=N–C) groups is 2. The van der Waals surface area contributed by atoms with Crippen LogP contribution in [0.25, 0.3) is 0 Å². The van der Waals surface area contributed by atoms with Gasteiger partial charge in [-0.2, -0.15) is 9.98 Å². The average Bonchev–Trinajstić information content (AvgIpc) is 3.14. The van der Waals surface area contributed by atoms with Crippen LogP contribution in [0, 0.1) is 36.9 Å². The number of unbranched alkanes of at least 4 members (excludes halogenated alkanes) is 13. The van der Waals surface area contributed by atoms with Gasteiger partial charge in [-0.25, -0.2) is 14.4 Å². The average molecular weight is 743 g/mol. The fourth-order valence-corrected chi connectivity index (χ4v) is 5.86. The van der Waals surface area contributed by atoms with E-state index >= 15 is 0 Å². The van der Waals surface area contributed by atoms with Crippen LogP contribution < -0.4 is 9.47 Å². The molecule has 54 heavy (non-hydrogen) atoms. The molecular weight excluding hydrogens is 684 g/mol. The molecule has 11 heteroatoms. The number of nitrogens with zero attached hydrogens (tertiary/aromatic N) is 4. The largest absolute Gasteiger partial charge is 0.461 e. The Morgan fingerprint density at radius 1 is 0.667 bits per heavy atom. The Morgan fingerprint density at radius 2 is 1.07 bits per heavy atom. The smallest absolute Gasteiger partial charge is 0.332 e. The lowest BCUT2D eigenvalue weighted by atomic mass is 10.0. The molecule has 0 heterocycles. The molecule has 2 rings (SSSR count). The first-order chi connectivity index (χ1) is 26.1. The van der Waals surface area contributed by atoms with E-state index in [0.29, 0.717) is 11.5 Å². The van der Waals surface area contributed by atoms with Crippen molar-refractivity contribution in [2.24, 2.45) is 9.98 Å². The van der Waals surface area contributed by atoms with Crippen LogP contribution in [0.2, 0.25) is 0 Å². The third kappa shape index (κ3) is 20.8. The second-order valence-corrected chi connectivity index (χ2v) is 13.7. The second kappa shape index (κ2) is 29.4. The van der Waals surface area contributed by atoms with Gasteiger partial charge in [-0.3, -0.25) is 4.79 Å². The van der Waals surface area contributed by atoms with Crippen LogP contribution in [0.15, 0.2) is 46.4 Å². The van der Waals surface area contributed by atoms with Crippen molar-refractivity contribution in [2.45, 2.75) is 162 Å². The summed E-state index contributed by atoms with van der Waals surface area (Å²) in [5.74, 6) is 0.122. The Labute approximate surface area is 321 Å². The van der Waals surface area contributed by atoms with Gasteiger partial charge in [0.25, 0.3) is 12.5 Å². The van der Waals surface area contributed by atoms with Gasteiger partial charge in [0.1, 0.15) is 17.5 Å². The monoisotopic (exact) mass is 742 g/mol. The highest BCUT2D eigenvalue weighted by atomic mass is 16.5. The van der Waals surface area contributed by atoms with E-state index in [2.05, 4.69) is 16.9 Å². The van der Waals surface area contributed by atoms with Crippen LogP contribution in [-0.4, -0.2) is 42.1 Å². The summed E-state index contributed by atoms with van der Waals surface area (Å²) in [5, 5.41) is 17.3. The summed E-state index contributed by atoms with van der Waals surface area (Å²) in [6.45, 7) is 9.14. The van der Waals surface area contributed by atoms with Crippen molar-refractivity contribution in [2.75, 3.05) is 0 Å². The van der Waals surface area contributed by atoms with Crippen LogP contribution in [0.4, 0.5) is 0 Å². The number of benzene rings is 2. The molecule has 0 spiro atoms. The number of rotatable bonds is 26. The van der Waals surface area contributed by atoms with Crippen LogP contribution in [-0.2, 0) is 36.8 Å². The van der Waals surface area contributed by atoms with Crippen LogP contribution in [0.3, 0.4) is 0 Å². The summed E-state index contributed by atoms with van der Waals surface area (Å²) in [4.78, 5) is 52.1. The van der Waals surface area contributed by atoms with Crippen molar-refractivity contribution in [1.82, 2.24) is 0 Å². The van der Waals surface area contributed by atoms with Crippen molar-refractivity contribution in [3.63, 3.8) is 0 Å². The van der Waals surface area contributed by atoms with Gasteiger partial charge < -0.3 is 14.2 Å². The molecule has 3 unspecified atom stereocenters. The van der Waals surface area contributed by atoms with E-state index in [9.17, 15) is 19.2 Å². The Bertz CT molecular complexity index is 1600. The number of aryl methyl sites for hydroxylation is 2. The summed E-state index contributed by atoms with van der Waals surface area (Å²) in [5.41, 5.74) is 3.12. The minimum Gasteiger partial charge on any atom is -0.461 e. The highest BCUT2D eigenvalue weighted by Gasteiger charge is 2.23. The first-order valence-corrected chi connectivity index (χ1v) is 19.3. The summed E-state index contributed by atoms with van der Waals surface area (Å²) in [6.07, 6.45) is 25.5. The maximum atomic E-state index is 12.6. The third-order valence-corrected chi connectivity index (χ3v) is 9.11. The summed E-state index contributed by atoms with van der Waals surface area (Å²) < 4.78 is 15.3. The zero-order valence-electron chi connectivity index (χ0n) is 32.9. The SMILES string of the molecule is CC(=O)C(Cc1ccc(C)c(OC#N)c1)N=C=O.CCCCCCCCCCCCCCCCC(C)OC(=O)C(Cc1ccc(C)c(OC#N)c1)N=C=O. The molecular formula is C43H58N4O7. The third-order valence-electron chi connectivity index (χ3n) is 9.11. The number of hydrogen-bond donors (Lipinski definition) is 0. The molecule has 0 aromatic heterocycles. The molecule has 0 N–H and O–H groups in total. The quantitative estimate of drug-likeness (QED) is 0.0299. The van der Waals surface area contributed by atoms with Crippen LogP contribution in [0.1, 0.15) is 139 Å². The first kappa shape index (κ1) is 46.9. The van der Waals surface area contributed by atoms with Gasteiger partial charge in [0.2, 0.25) is 12.2 Å². The number of isocyanates is 2. The van der Waals surface area contributed by atoms with Gasteiger partial charge in [0.15, 0.2) is 11.8 Å². The Hall–Kier alpha value is -5.08. The zero-order valence-corrected chi connectivity index (χ0v) is 32.9. The number of hydrogen-bond acceptors (Lipinski definition) is 11. The van der Waals surface area contributed by atoms with Crippen molar-refractivity contribution in [3.05, 3.63) is 58.7 Å². The molecule has 0 amide bonds. The van der Waals surface area contributed by atoms with E-state index in [4.69, 9.17) is 24.7 Å². The lowest BCUT2D eigenvalue weighted by Crippen LogP contribution is -2.27. The molecule has 3 atom stereocenters. The Balaban J connectivity index is 0.000000675.